The molecule has 1 N–H and O–H groups in total. The lowest BCUT2D eigenvalue weighted by Crippen LogP contribution is -2.46. The first-order valence-electron chi connectivity index (χ1n) is 6.29. The first-order chi connectivity index (χ1) is 7.85. The summed E-state index contributed by atoms with van der Waals surface area (Å²) in [7, 11) is 1.75. The van der Waals surface area contributed by atoms with Crippen molar-refractivity contribution in [1.82, 2.24) is 5.32 Å². The highest BCUT2D eigenvalue weighted by atomic mass is 32.2. The van der Waals surface area contributed by atoms with Crippen LogP contribution in [0.15, 0.2) is 4.99 Å². The lowest BCUT2D eigenvalue weighted by molar-refractivity contribution is 0.155. The Morgan fingerprint density at radius 3 is 2.76 bits per heavy atom. The van der Waals surface area contributed by atoms with Crippen molar-refractivity contribution in [3.63, 3.8) is 0 Å². The lowest BCUT2D eigenvalue weighted by atomic mass is 9.90. The van der Waals surface area contributed by atoms with Gasteiger partial charge in [-0.05, 0) is 32.1 Å². The minimum absolute atomic E-state index is 0.195. The van der Waals surface area contributed by atoms with E-state index in [0.717, 1.165) is 30.5 Å². The molecule has 0 amide bonds. The largest absolute Gasteiger partial charge is 0.385 e. The molecule has 0 aromatic carbocycles. The van der Waals surface area contributed by atoms with Crippen molar-refractivity contribution in [2.45, 2.75) is 46.1 Å². The van der Waals surface area contributed by atoms with Gasteiger partial charge in [0, 0.05) is 31.6 Å². The fourth-order valence-corrected chi connectivity index (χ4v) is 2.93. The fraction of sp³-hybridized carbons (Fsp3) is 0.923. The summed E-state index contributed by atoms with van der Waals surface area (Å²) in [6.45, 7) is 10.6. The van der Waals surface area contributed by atoms with Crippen molar-refractivity contribution in [2.75, 3.05) is 26.0 Å². The van der Waals surface area contributed by atoms with Gasteiger partial charge in [0.15, 0.2) is 5.17 Å². The van der Waals surface area contributed by atoms with Gasteiger partial charge in [-0.15, -0.1) is 0 Å². The minimum atomic E-state index is 0.195. The quantitative estimate of drug-likeness (QED) is 0.823. The van der Waals surface area contributed by atoms with Crippen LogP contribution in [0.3, 0.4) is 0 Å². The molecule has 0 unspecified atom stereocenters. The summed E-state index contributed by atoms with van der Waals surface area (Å²) in [6.07, 6.45) is 2.25. The second kappa shape index (κ2) is 6.10. The zero-order valence-electron chi connectivity index (χ0n) is 11.8. The molecule has 17 heavy (non-hydrogen) atoms. The number of hydrogen-bond acceptors (Lipinski definition) is 3. The summed E-state index contributed by atoms with van der Waals surface area (Å²) in [6, 6.07) is 0. The summed E-state index contributed by atoms with van der Waals surface area (Å²) in [5.41, 5.74) is 0.410. The predicted octanol–water partition coefficient (Wildman–Crippen LogP) is 2.91. The molecule has 0 spiro atoms. The van der Waals surface area contributed by atoms with E-state index in [1.165, 1.54) is 6.42 Å². The van der Waals surface area contributed by atoms with E-state index in [4.69, 9.17) is 9.73 Å². The van der Waals surface area contributed by atoms with Gasteiger partial charge >= 0.3 is 0 Å². The predicted molar refractivity (Wildman–Crippen MR) is 76.9 cm³/mol. The van der Waals surface area contributed by atoms with E-state index >= 15 is 0 Å². The summed E-state index contributed by atoms with van der Waals surface area (Å²) in [5.74, 6) is 1.16. The van der Waals surface area contributed by atoms with E-state index < -0.39 is 0 Å². The van der Waals surface area contributed by atoms with Crippen molar-refractivity contribution in [1.29, 1.82) is 0 Å². The number of nitrogens with one attached hydrogen (secondary N) is 1. The molecule has 3 nitrogen and oxygen atoms in total. The van der Waals surface area contributed by atoms with Crippen LogP contribution < -0.4 is 5.32 Å². The van der Waals surface area contributed by atoms with E-state index in [1.54, 1.807) is 7.11 Å². The van der Waals surface area contributed by atoms with Gasteiger partial charge in [-0.25, -0.2) is 0 Å². The Bertz CT molecular complexity index is 275. The van der Waals surface area contributed by atoms with Crippen molar-refractivity contribution in [2.24, 2.45) is 10.4 Å². The summed E-state index contributed by atoms with van der Waals surface area (Å²) >= 11 is 1.84. The molecule has 0 aliphatic carbocycles. The van der Waals surface area contributed by atoms with Crippen molar-refractivity contribution >= 4 is 16.9 Å². The summed E-state index contributed by atoms with van der Waals surface area (Å²) in [4.78, 5) is 4.72. The molecule has 1 fully saturated rings. The van der Waals surface area contributed by atoms with Gasteiger partial charge in [0.05, 0.1) is 0 Å². The molecule has 0 radical (unpaired) electrons. The number of nitrogens with zero attached hydrogens (tertiary/aromatic N) is 1. The van der Waals surface area contributed by atoms with Gasteiger partial charge in [-0.2, -0.15) is 0 Å². The molecular formula is C13H26N2OS. The standard InChI is InChI=1S/C13H26N2OS/c1-12(2,6-8-16-5)10-14-11-15-13(3,4)7-9-17-11/h6-10H2,1-5H3,(H,14,15). The Morgan fingerprint density at radius 1 is 1.47 bits per heavy atom. The normalized spacial score (nSPS) is 22.5. The van der Waals surface area contributed by atoms with Crippen LogP contribution in [0, 0.1) is 5.41 Å². The fourth-order valence-electron chi connectivity index (χ4n) is 1.62. The van der Waals surface area contributed by atoms with Gasteiger partial charge in [0.1, 0.15) is 0 Å². The van der Waals surface area contributed by atoms with Crippen LogP contribution in [0.4, 0.5) is 0 Å². The third-order valence-corrected chi connectivity index (χ3v) is 3.96. The van der Waals surface area contributed by atoms with Crippen LogP contribution >= 0.6 is 11.8 Å². The van der Waals surface area contributed by atoms with E-state index in [1.807, 2.05) is 11.8 Å². The van der Waals surface area contributed by atoms with E-state index in [2.05, 4.69) is 33.0 Å². The number of methoxy groups -OCH3 is 1. The highest BCUT2D eigenvalue weighted by Crippen LogP contribution is 2.24. The van der Waals surface area contributed by atoms with Gasteiger partial charge in [-0.1, -0.05) is 25.6 Å². The third kappa shape index (κ3) is 5.77. The average molecular weight is 258 g/mol. The van der Waals surface area contributed by atoms with Gasteiger partial charge in [-0.3, -0.25) is 4.99 Å². The van der Waals surface area contributed by atoms with E-state index in [0.29, 0.717) is 0 Å². The molecule has 4 heteroatoms. The molecule has 0 aromatic rings. The number of aliphatic imine (C=N–C) groups is 1. The zero-order chi connectivity index (χ0) is 12.9. The first kappa shape index (κ1) is 14.8. The second-order valence-corrected chi connectivity index (χ2v) is 7.22. The highest BCUT2D eigenvalue weighted by Gasteiger charge is 2.25. The molecule has 1 saturated heterocycles. The Labute approximate surface area is 110 Å². The summed E-state index contributed by atoms with van der Waals surface area (Å²) in [5, 5.41) is 4.61. The number of thioether (sulfide) groups is 1. The van der Waals surface area contributed by atoms with Crippen LogP contribution in [-0.4, -0.2) is 36.7 Å². The van der Waals surface area contributed by atoms with Gasteiger partial charge < -0.3 is 10.1 Å². The summed E-state index contributed by atoms with van der Waals surface area (Å²) < 4.78 is 5.13. The molecule has 0 atom stereocenters. The molecular weight excluding hydrogens is 232 g/mol. The van der Waals surface area contributed by atoms with Crippen LogP contribution in [0.1, 0.15) is 40.5 Å². The highest BCUT2D eigenvalue weighted by molar-refractivity contribution is 8.13. The second-order valence-electron chi connectivity index (χ2n) is 6.14. The average Bonchev–Trinajstić information content (AvgIpc) is 2.23. The van der Waals surface area contributed by atoms with Crippen LogP contribution in [0.5, 0.6) is 0 Å². The maximum Gasteiger partial charge on any atom is 0.156 e. The maximum absolute atomic E-state index is 5.13. The van der Waals surface area contributed by atoms with Crippen LogP contribution in [-0.2, 0) is 4.74 Å². The number of hydrogen-bond donors (Lipinski definition) is 1. The molecule has 1 rings (SSSR count). The van der Waals surface area contributed by atoms with Gasteiger partial charge in [0.25, 0.3) is 0 Å². The lowest BCUT2D eigenvalue weighted by Gasteiger charge is -2.33. The number of ether oxygens (including phenoxy) is 1. The molecule has 1 heterocycles. The third-order valence-electron chi connectivity index (χ3n) is 3.04. The molecule has 1 aliphatic heterocycles. The molecule has 100 valence electrons. The number of amidine groups is 1. The SMILES string of the molecule is COCCC(C)(C)CN=C1NC(C)(C)CCS1. The molecule has 0 aromatic heterocycles. The molecule has 1 aliphatic rings. The van der Waals surface area contributed by atoms with Crippen LogP contribution in [0.2, 0.25) is 0 Å². The Morgan fingerprint density at radius 2 is 2.18 bits per heavy atom. The smallest absolute Gasteiger partial charge is 0.156 e. The zero-order valence-corrected chi connectivity index (χ0v) is 12.6. The molecule has 0 bridgehead atoms. The van der Waals surface area contributed by atoms with E-state index in [-0.39, 0.29) is 11.0 Å². The van der Waals surface area contributed by atoms with Crippen LogP contribution in [0.25, 0.3) is 0 Å². The van der Waals surface area contributed by atoms with E-state index in [9.17, 15) is 0 Å². The van der Waals surface area contributed by atoms with Gasteiger partial charge in [0.2, 0.25) is 0 Å². The van der Waals surface area contributed by atoms with Crippen molar-refractivity contribution < 1.29 is 4.74 Å². The minimum Gasteiger partial charge on any atom is -0.385 e. The Balaban J connectivity index is 2.46. The maximum atomic E-state index is 5.13. The monoisotopic (exact) mass is 258 g/mol. The number of rotatable bonds is 5. The Hall–Kier alpha value is -0.220. The van der Waals surface area contributed by atoms with Crippen molar-refractivity contribution in [3.05, 3.63) is 0 Å². The molecule has 0 saturated carbocycles. The Kier molecular flexibility index (Phi) is 5.32. The topological polar surface area (TPSA) is 33.6 Å². The van der Waals surface area contributed by atoms with Crippen molar-refractivity contribution in [3.8, 4) is 0 Å². The first-order valence-corrected chi connectivity index (χ1v) is 7.28.